The number of fused-ring (bicyclic) bond motifs is 2. The van der Waals surface area contributed by atoms with Crippen molar-refractivity contribution in [1.29, 1.82) is 0 Å². The van der Waals surface area contributed by atoms with Crippen LogP contribution in [0, 0.1) is 5.92 Å². The van der Waals surface area contributed by atoms with Gasteiger partial charge in [-0.1, -0.05) is 0 Å². The predicted molar refractivity (Wildman–Crippen MR) is 83.3 cm³/mol. The number of nitrogens with zero attached hydrogens (tertiary/aromatic N) is 4. The highest BCUT2D eigenvalue weighted by Crippen LogP contribution is 2.30. The maximum absolute atomic E-state index is 12.8. The summed E-state index contributed by atoms with van der Waals surface area (Å²) < 4.78 is 47.0. The number of aryl methyl sites for hydroxylation is 1. The molecule has 2 aliphatic rings. The molecule has 0 spiro atoms. The number of amides is 1. The average molecular weight is 369 g/mol. The lowest BCUT2D eigenvalue weighted by Crippen LogP contribution is -2.33. The molecular formula is C16H18F3N5O2. The van der Waals surface area contributed by atoms with Gasteiger partial charge in [-0.15, -0.1) is 0 Å². The van der Waals surface area contributed by atoms with E-state index < -0.39 is 11.9 Å². The summed E-state index contributed by atoms with van der Waals surface area (Å²) in [5, 5.41) is 2.83. The summed E-state index contributed by atoms with van der Waals surface area (Å²) in [6.07, 6.45) is -0.531. The third-order valence-corrected chi connectivity index (χ3v) is 4.73. The Morgan fingerprint density at radius 2 is 2.12 bits per heavy atom. The summed E-state index contributed by atoms with van der Waals surface area (Å²) >= 11 is 0. The van der Waals surface area contributed by atoms with Crippen LogP contribution >= 0.6 is 0 Å². The van der Waals surface area contributed by atoms with Crippen LogP contribution in [0.25, 0.3) is 0 Å². The molecule has 1 N–H and O–H groups in total. The fourth-order valence-corrected chi connectivity index (χ4v) is 3.34. The number of ether oxygens (including phenoxy) is 1. The van der Waals surface area contributed by atoms with Gasteiger partial charge in [-0.3, -0.25) is 4.79 Å². The van der Waals surface area contributed by atoms with Crippen LogP contribution in [-0.2, 0) is 37.0 Å². The smallest absolute Gasteiger partial charge is 0.372 e. The van der Waals surface area contributed by atoms with E-state index >= 15 is 0 Å². The zero-order valence-corrected chi connectivity index (χ0v) is 13.9. The molecule has 2 aliphatic heterocycles. The van der Waals surface area contributed by atoms with Crippen LogP contribution in [0.15, 0.2) is 12.4 Å². The van der Waals surface area contributed by atoms with Gasteiger partial charge in [-0.2, -0.15) is 13.2 Å². The van der Waals surface area contributed by atoms with Crippen molar-refractivity contribution in [2.45, 2.75) is 38.7 Å². The largest absolute Gasteiger partial charge is 0.434 e. The summed E-state index contributed by atoms with van der Waals surface area (Å²) in [6.45, 7) is 2.45. The maximum atomic E-state index is 12.8. The number of carbonyl (C=O) groups excluding carboxylic acids is 1. The number of rotatable bonds is 3. The number of alkyl halides is 3. The van der Waals surface area contributed by atoms with Gasteiger partial charge >= 0.3 is 6.18 Å². The third kappa shape index (κ3) is 3.33. The number of hydrogen-bond donors (Lipinski definition) is 1. The first-order valence-electron chi connectivity index (χ1n) is 8.45. The summed E-state index contributed by atoms with van der Waals surface area (Å²) in [5.74, 6) is 0.949. The van der Waals surface area contributed by atoms with Crippen LogP contribution in [0.1, 0.15) is 34.3 Å². The van der Waals surface area contributed by atoms with Gasteiger partial charge in [0.25, 0.3) is 5.91 Å². The molecule has 10 heteroatoms. The molecule has 4 rings (SSSR count). The quantitative estimate of drug-likeness (QED) is 0.892. The van der Waals surface area contributed by atoms with E-state index in [1.54, 1.807) is 6.20 Å². The Kier molecular flexibility index (Phi) is 4.22. The van der Waals surface area contributed by atoms with Gasteiger partial charge in [0.1, 0.15) is 23.9 Å². The van der Waals surface area contributed by atoms with Gasteiger partial charge in [0.05, 0.1) is 6.61 Å². The fourth-order valence-electron chi connectivity index (χ4n) is 3.34. The molecule has 1 amide bonds. The van der Waals surface area contributed by atoms with E-state index in [0.717, 1.165) is 12.0 Å². The van der Waals surface area contributed by atoms with Crippen molar-refractivity contribution in [1.82, 2.24) is 24.4 Å². The molecule has 0 saturated carbocycles. The first-order valence-corrected chi connectivity index (χ1v) is 8.45. The monoisotopic (exact) mass is 369 g/mol. The highest BCUT2D eigenvalue weighted by molar-refractivity contribution is 5.92. The summed E-state index contributed by atoms with van der Waals surface area (Å²) in [6, 6.07) is 0. The molecule has 7 nitrogen and oxygen atoms in total. The van der Waals surface area contributed by atoms with Gasteiger partial charge in [-0.25, -0.2) is 9.97 Å². The van der Waals surface area contributed by atoms with Crippen molar-refractivity contribution in [2.24, 2.45) is 5.92 Å². The van der Waals surface area contributed by atoms with E-state index in [0.29, 0.717) is 57.2 Å². The van der Waals surface area contributed by atoms with Crippen LogP contribution in [0.5, 0.6) is 0 Å². The predicted octanol–water partition coefficient (Wildman–Crippen LogP) is 1.62. The highest BCUT2D eigenvalue weighted by Gasteiger charge is 2.35. The minimum Gasteiger partial charge on any atom is -0.372 e. The average Bonchev–Trinajstić information content (AvgIpc) is 3.22. The first-order chi connectivity index (χ1) is 12.4. The fraction of sp³-hybridized carbons (Fsp3) is 0.562. The Morgan fingerprint density at radius 3 is 2.88 bits per heavy atom. The van der Waals surface area contributed by atoms with Crippen molar-refractivity contribution in [3.8, 4) is 0 Å². The minimum absolute atomic E-state index is 0.0577. The number of hydrogen-bond acceptors (Lipinski definition) is 4. The number of imidazole rings is 2. The molecule has 0 aliphatic carbocycles. The van der Waals surface area contributed by atoms with Crippen molar-refractivity contribution in [3.63, 3.8) is 0 Å². The van der Waals surface area contributed by atoms with Crippen LogP contribution in [-0.4, -0.2) is 38.2 Å². The molecule has 2 aromatic rings. The highest BCUT2D eigenvalue weighted by atomic mass is 19.4. The number of carbonyl (C=O) groups is 1. The standard InChI is InChI=1S/C16H18F3N5O2/c17-16(18,19)12-8-24-6-10(1-2-13(24)22-12)5-20-15(25)11-7-23-3-4-26-9-14(23)21-11/h7-8,10H,1-6,9H2,(H,20,25). The third-order valence-electron chi connectivity index (χ3n) is 4.73. The molecule has 0 saturated heterocycles. The molecule has 140 valence electrons. The molecule has 2 aromatic heterocycles. The molecule has 0 fully saturated rings. The van der Waals surface area contributed by atoms with Crippen LogP contribution in [0.4, 0.5) is 13.2 Å². The number of halogens is 3. The second-order valence-corrected chi connectivity index (χ2v) is 6.60. The lowest BCUT2D eigenvalue weighted by atomic mass is 9.99. The van der Waals surface area contributed by atoms with Gasteiger partial charge in [-0.05, 0) is 12.3 Å². The summed E-state index contributed by atoms with van der Waals surface area (Å²) in [5.41, 5.74) is -0.521. The lowest BCUT2D eigenvalue weighted by molar-refractivity contribution is -0.141. The van der Waals surface area contributed by atoms with Crippen LogP contribution in [0.3, 0.4) is 0 Å². The Bertz CT molecular complexity index is 803. The summed E-state index contributed by atoms with van der Waals surface area (Å²) in [4.78, 5) is 20.2. The molecule has 0 radical (unpaired) electrons. The molecule has 4 heterocycles. The zero-order chi connectivity index (χ0) is 18.3. The molecule has 0 aromatic carbocycles. The molecule has 1 atom stereocenters. The molecule has 0 bridgehead atoms. The Morgan fingerprint density at radius 1 is 1.27 bits per heavy atom. The normalized spacial score (nSPS) is 19.7. The second-order valence-electron chi connectivity index (χ2n) is 6.60. The Labute approximate surface area is 147 Å². The summed E-state index contributed by atoms with van der Waals surface area (Å²) in [7, 11) is 0. The number of aromatic nitrogens is 4. The van der Waals surface area contributed by atoms with Crippen LogP contribution < -0.4 is 5.32 Å². The van der Waals surface area contributed by atoms with Crippen molar-refractivity contribution in [2.75, 3.05) is 13.2 Å². The van der Waals surface area contributed by atoms with Crippen molar-refractivity contribution < 1.29 is 22.7 Å². The van der Waals surface area contributed by atoms with Crippen molar-refractivity contribution in [3.05, 3.63) is 35.4 Å². The van der Waals surface area contributed by atoms with Crippen molar-refractivity contribution >= 4 is 5.91 Å². The van der Waals surface area contributed by atoms with Crippen LogP contribution in [0.2, 0.25) is 0 Å². The Hall–Kier alpha value is -2.36. The van der Waals surface area contributed by atoms with E-state index in [2.05, 4.69) is 15.3 Å². The van der Waals surface area contributed by atoms with Gasteiger partial charge in [0.2, 0.25) is 0 Å². The van der Waals surface area contributed by atoms with E-state index in [-0.39, 0.29) is 11.8 Å². The van der Waals surface area contributed by atoms with E-state index in [1.807, 2.05) is 4.57 Å². The van der Waals surface area contributed by atoms with E-state index in [4.69, 9.17) is 4.74 Å². The zero-order valence-electron chi connectivity index (χ0n) is 13.9. The topological polar surface area (TPSA) is 74.0 Å². The minimum atomic E-state index is -4.43. The lowest BCUT2D eigenvalue weighted by Gasteiger charge is -2.23. The van der Waals surface area contributed by atoms with Gasteiger partial charge in [0, 0.05) is 38.4 Å². The van der Waals surface area contributed by atoms with E-state index in [1.165, 1.54) is 4.57 Å². The van der Waals surface area contributed by atoms with Gasteiger partial charge < -0.3 is 19.2 Å². The molecule has 1 unspecified atom stereocenters. The van der Waals surface area contributed by atoms with E-state index in [9.17, 15) is 18.0 Å². The Balaban J connectivity index is 1.36. The van der Waals surface area contributed by atoms with Gasteiger partial charge in [0.15, 0.2) is 5.69 Å². The second kappa shape index (κ2) is 6.42. The number of nitrogens with one attached hydrogen (secondary N) is 1. The maximum Gasteiger partial charge on any atom is 0.434 e. The molecular weight excluding hydrogens is 351 g/mol. The molecule has 26 heavy (non-hydrogen) atoms. The first kappa shape index (κ1) is 17.1. The SMILES string of the molecule is O=C(NCC1CCc2nc(C(F)(F)F)cn2C1)c1cn2c(n1)COCC2.